The number of hydrazone groups is 1. The number of aryl methyl sites for hydroxylation is 1. The van der Waals surface area contributed by atoms with Gasteiger partial charge in [-0.1, -0.05) is 29.8 Å². The zero-order chi connectivity index (χ0) is 22.5. The minimum atomic E-state index is -0.343. The maximum Gasteiger partial charge on any atom is 0.281 e. The highest BCUT2D eigenvalue weighted by atomic mass is 16.5. The van der Waals surface area contributed by atoms with Gasteiger partial charge in [-0.15, -0.1) is 0 Å². The second-order valence-electron chi connectivity index (χ2n) is 7.38. The van der Waals surface area contributed by atoms with Crippen molar-refractivity contribution in [1.82, 2.24) is 5.01 Å². The highest BCUT2D eigenvalue weighted by molar-refractivity contribution is 6.03. The van der Waals surface area contributed by atoms with Crippen LogP contribution in [-0.4, -0.2) is 29.8 Å². The fraction of sp³-hybridized carbons (Fsp3) is 0.240. The van der Waals surface area contributed by atoms with E-state index >= 15 is 0 Å². The van der Waals surface area contributed by atoms with Gasteiger partial charge in [-0.2, -0.15) is 10.4 Å². The Morgan fingerprint density at radius 1 is 1.19 bits per heavy atom. The summed E-state index contributed by atoms with van der Waals surface area (Å²) < 4.78 is 16.9. The van der Waals surface area contributed by atoms with Crippen LogP contribution in [-0.2, 0) is 4.79 Å². The maximum absolute atomic E-state index is 13.1. The smallest absolute Gasteiger partial charge is 0.281 e. The monoisotopic (exact) mass is 429 g/mol. The summed E-state index contributed by atoms with van der Waals surface area (Å²) in [5, 5.41) is 15.1. The van der Waals surface area contributed by atoms with Crippen molar-refractivity contribution in [2.24, 2.45) is 5.10 Å². The molecule has 162 valence electrons. The fourth-order valence-electron chi connectivity index (χ4n) is 3.53. The lowest BCUT2D eigenvalue weighted by atomic mass is 10.0. The molecule has 1 aliphatic heterocycles. The van der Waals surface area contributed by atoms with Gasteiger partial charge >= 0.3 is 0 Å². The molecule has 4 rings (SSSR count). The van der Waals surface area contributed by atoms with E-state index in [2.05, 4.69) is 11.2 Å². The standard InChI is InChI=1S/C25H23N3O4/c1-3-30-24-13-18(15-26)8-11-23(24)32-16-25(29)28-21(22-5-4-12-31-22)14-20(27-28)19-9-6-17(2)7-10-19/h4-13,21H,3,14,16H2,1-2H3. The van der Waals surface area contributed by atoms with E-state index < -0.39 is 0 Å². The number of hydrogen-bond acceptors (Lipinski definition) is 6. The molecule has 1 atom stereocenters. The molecule has 7 heteroatoms. The highest BCUT2D eigenvalue weighted by Gasteiger charge is 2.35. The van der Waals surface area contributed by atoms with E-state index in [1.807, 2.05) is 44.2 Å². The molecule has 2 aromatic carbocycles. The number of furan rings is 1. The van der Waals surface area contributed by atoms with Crippen LogP contribution in [0.1, 0.15) is 41.8 Å². The summed E-state index contributed by atoms with van der Waals surface area (Å²) in [7, 11) is 0. The Hall–Kier alpha value is -4.05. The molecule has 0 saturated heterocycles. The van der Waals surface area contributed by atoms with Gasteiger partial charge in [0.2, 0.25) is 0 Å². The van der Waals surface area contributed by atoms with E-state index in [1.165, 1.54) is 5.01 Å². The van der Waals surface area contributed by atoms with Gasteiger partial charge in [0, 0.05) is 12.5 Å². The summed E-state index contributed by atoms with van der Waals surface area (Å²) in [4.78, 5) is 13.1. The zero-order valence-corrected chi connectivity index (χ0v) is 17.9. The van der Waals surface area contributed by atoms with Crippen molar-refractivity contribution in [3.8, 4) is 17.6 Å². The van der Waals surface area contributed by atoms with Gasteiger partial charge in [0.05, 0.1) is 30.2 Å². The molecule has 1 unspecified atom stereocenters. The molecule has 0 saturated carbocycles. The van der Waals surface area contributed by atoms with Crippen molar-refractivity contribution in [1.29, 1.82) is 5.26 Å². The molecule has 0 N–H and O–H groups in total. The van der Waals surface area contributed by atoms with Crippen LogP contribution in [0.15, 0.2) is 70.4 Å². The van der Waals surface area contributed by atoms with Crippen molar-refractivity contribution in [2.45, 2.75) is 26.3 Å². The molecule has 2 heterocycles. The van der Waals surface area contributed by atoms with E-state index in [9.17, 15) is 4.79 Å². The number of carbonyl (C=O) groups is 1. The fourth-order valence-corrected chi connectivity index (χ4v) is 3.53. The Balaban J connectivity index is 1.55. The van der Waals surface area contributed by atoms with Crippen LogP contribution in [0.4, 0.5) is 0 Å². The van der Waals surface area contributed by atoms with E-state index in [4.69, 9.17) is 19.2 Å². The first kappa shape index (κ1) is 21.2. The molecule has 1 aromatic heterocycles. The van der Waals surface area contributed by atoms with Crippen LogP contribution >= 0.6 is 0 Å². The molecule has 1 amide bonds. The highest BCUT2D eigenvalue weighted by Crippen LogP contribution is 2.34. The molecular formula is C25H23N3O4. The van der Waals surface area contributed by atoms with Gasteiger partial charge in [0.1, 0.15) is 11.8 Å². The Kier molecular flexibility index (Phi) is 6.22. The van der Waals surface area contributed by atoms with E-state index in [0.29, 0.717) is 35.9 Å². The number of amides is 1. The normalized spacial score (nSPS) is 15.2. The topological polar surface area (TPSA) is 88.1 Å². The van der Waals surface area contributed by atoms with Crippen LogP contribution < -0.4 is 9.47 Å². The molecule has 7 nitrogen and oxygen atoms in total. The van der Waals surface area contributed by atoms with Gasteiger partial charge < -0.3 is 13.9 Å². The van der Waals surface area contributed by atoms with Crippen LogP contribution in [0.3, 0.4) is 0 Å². The van der Waals surface area contributed by atoms with Crippen LogP contribution in [0.25, 0.3) is 0 Å². The average molecular weight is 429 g/mol. The largest absolute Gasteiger partial charge is 0.490 e. The molecule has 3 aromatic rings. The molecule has 0 radical (unpaired) electrons. The van der Waals surface area contributed by atoms with E-state index in [0.717, 1.165) is 16.8 Å². The number of benzene rings is 2. The lowest BCUT2D eigenvalue weighted by Crippen LogP contribution is -2.31. The minimum absolute atomic E-state index is 0.228. The number of ether oxygens (including phenoxy) is 2. The lowest BCUT2D eigenvalue weighted by molar-refractivity contribution is -0.135. The van der Waals surface area contributed by atoms with Gasteiger partial charge in [-0.25, -0.2) is 5.01 Å². The third kappa shape index (κ3) is 4.49. The number of rotatable bonds is 7. The molecule has 0 bridgehead atoms. The quantitative estimate of drug-likeness (QED) is 0.547. The number of hydrogen-bond donors (Lipinski definition) is 0. The predicted octanol–water partition coefficient (Wildman–Crippen LogP) is 4.62. The van der Waals surface area contributed by atoms with Crippen molar-refractivity contribution in [3.63, 3.8) is 0 Å². The average Bonchev–Trinajstić information content (AvgIpc) is 3.49. The Bertz CT molecular complexity index is 1160. The summed E-state index contributed by atoms with van der Waals surface area (Å²) in [6, 6.07) is 18.3. The molecule has 0 spiro atoms. The minimum Gasteiger partial charge on any atom is -0.490 e. The Morgan fingerprint density at radius 3 is 2.69 bits per heavy atom. The van der Waals surface area contributed by atoms with E-state index in [-0.39, 0.29) is 18.6 Å². The van der Waals surface area contributed by atoms with Gasteiger partial charge in [0.25, 0.3) is 5.91 Å². The molecular weight excluding hydrogens is 406 g/mol. The van der Waals surface area contributed by atoms with Crippen LogP contribution in [0.5, 0.6) is 11.5 Å². The zero-order valence-electron chi connectivity index (χ0n) is 17.9. The first-order chi connectivity index (χ1) is 15.6. The van der Waals surface area contributed by atoms with Crippen molar-refractivity contribution >= 4 is 11.6 Å². The molecule has 32 heavy (non-hydrogen) atoms. The second-order valence-corrected chi connectivity index (χ2v) is 7.38. The first-order valence-corrected chi connectivity index (χ1v) is 10.4. The van der Waals surface area contributed by atoms with Gasteiger partial charge in [-0.3, -0.25) is 4.79 Å². The number of nitriles is 1. The van der Waals surface area contributed by atoms with Gasteiger partial charge in [-0.05, 0) is 43.7 Å². The summed E-state index contributed by atoms with van der Waals surface area (Å²) >= 11 is 0. The summed E-state index contributed by atoms with van der Waals surface area (Å²) in [5.74, 6) is 1.18. The number of carbonyl (C=O) groups excluding carboxylic acids is 1. The van der Waals surface area contributed by atoms with Crippen LogP contribution in [0, 0.1) is 18.3 Å². The van der Waals surface area contributed by atoms with Crippen molar-refractivity contribution in [2.75, 3.05) is 13.2 Å². The molecule has 0 aliphatic carbocycles. The summed E-state index contributed by atoms with van der Waals surface area (Å²) in [5.41, 5.74) is 3.39. The van der Waals surface area contributed by atoms with Gasteiger partial charge in [0.15, 0.2) is 18.1 Å². The maximum atomic E-state index is 13.1. The third-order valence-electron chi connectivity index (χ3n) is 5.15. The third-order valence-corrected chi connectivity index (χ3v) is 5.15. The Labute approximate surface area is 186 Å². The SMILES string of the molecule is CCOc1cc(C#N)ccc1OCC(=O)N1N=C(c2ccc(C)cc2)CC1c1ccco1. The second kappa shape index (κ2) is 9.40. The number of nitrogens with zero attached hydrogens (tertiary/aromatic N) is 3. The lowest BCUT2D eigenvalue weighted by Gasteiger charge is -2.20. The van der Waals surface area contributed by atoms with E-state index in [1.54, 1.807) is 30.5 Å². The van der Waals surface area contributed by atoms with Crippen molar-refractivity contribution < 1.29 is 18.7 Å². The predicted molar refractivity (Wildman–Crippen MR) is 118 cm³/mol. The molecule has 1 aliphatic rings. The van der Waals surface area contributed by atoms with Crippen LogP contribution in [0.2, 0.25) is 0 Å². The summed E-state index contributed by atoms with van der Waals surface area (Å²) in [6.45, 7) is 4.05. The molecule has 0 fully saturated rings. The Morgan fingerprint density at radius 2 is 2.00 bits per heavy atom. The van der Waals surface area contributed by atoms with Crippen molar-refractivity contribution in [3.05, 3.63) is 83.3 Å². The first-order valence-electron chi connectivity index (χ1n) is 10.4. The summed E-state index contributed by atoms with van der Waals surface area (Å²) in [6.07, 6.45) is 2.13.